The Labute approximate surface area is 184 Å². The van der Waals surface area contributed by atoms with Crippen LogP contribution in [-0.4, -0.2) is 58.2 Å². The van der Waals surface area contributed by atoms with Crippen LogP contribution in [0.3, 0.4) is 0 Å². The summed E-state index contributed by atoms with van der Waals surface area (Å²) in [6.07, 6.45) is 0.242. The van der Waals surface area contributed by atoms with Crippen LogP contribution in [0, 0.1) is 0 Å². The number of methoxy groups -OCH3 is 3. The number of carbonyl (C=O) groups excluding carboxylic acids is 1. The number of carbonyl (C=O) groups is 1. The number of benzene rings is 2. The summed E-state index contributed by atoms with van der Waals surface area (Å²) in [5.74, 6) is -0.407. The lowest BCUT2D eigenvalue weighted by atomic mass is 10.1. The molecular formula is C19H21Cl2NO7S. The Bertz CT molecular complexity index is 1030. The van der Waals surface area contributed by atoms with Gasteiger partial charge in [-0.1, -0.05) is 29.3 Å². The Hall–Kier alpha value is -2.20. The fraction of sp³-hybridized carbons (Fsp3) is 0.316. The molecule has 0 unspecified atom stereocenters. The molecule has 2 aromatic carbocycles. The molecule has 8 nitrogen and oxygen atoms in total. The van der Waals surface area contributed by atoms with Crippen LogP contribution in [0.4, 0.5) is 0 Å². The van der Waals surface area contributed by atoms with Gasteiger partial charge in [-0.05, 0) is 36.2 Å². The molecule has 2 rings (SSSR count). The second-order valence-corrected chi connectivity index (χ2v) is 8.84. The number of rotatable bonds is 9. The molecule has 0 atom stereocenters. The molecule has 0 saturated heterocycles. The lowest BCUT2D eigenvalue weighted by Gasteiger charge is -2.22. The summed E-state index contributed by atoms with van der Waals surface area (Å²) in [4.78, 5) is 11.3. The van der Waals surface area contributed by atoms with E-state index < -0.39 is 33.2 Å². The number of nitrogens with zero attached hydrogens (tertiary/aromatic N) is 1. The second-order valence-electron chi connectivity index (χ2n) is 6.09. The first-order valence-electron chi connectivity index (χ1n) is 8.60. The van der Waals surface area contributed by atoms with Crippen LogP contribution in [0.5, 0.6) is 17.2 Å². The minimum absolute atomic E-state index is 0.0225. The molecule has 1 N–H and O–H groups in total. The van der Waals surface area contributed by atoms with Crippen molar-refractivity contribution < 1.29 is 32.5 Å². The van der Waals surface area contributed by atoms with E-state index in [4.69, 9.17) is 32.7 Å². The molecule has 0 aliphatic rings. The van der Waals surface area contributed by atoms with Crippen LogP contribution in [0.15, 0.2) is 35.2 Å². The van der Waals surface area contributed by atoms with Gasteiger partial charge in [0.1, 0.15) is 11.4 Å². The highest BCUT2D eigenvalue weighted by Crippen LogP contribution is 2.36. The Morgan fingerprint density at radius 1 is 1.07 bits per heavy atom. The maximum Gasteiger partial charge on any atom is 0.321 e. The summed E-state index contributed by atoms with van der Waals surface area (Å²) in [7, 11) is -0.183. The van der Waals surface area contributed by atoms with Crippen molar-refractivity contribution in [3.8, 4) is 17.2 Å². The highest BCUT2D eigenvalue weighted by molar-refractivity contribution is 7.89. The van der Waals surface area contributed by atoms with Crippen molar-refractivity contribution in [3.63, 3.8) is 0 Å². The van der Waals surface area contributed by atoms with Gasteiger partial charge in [0.25, 0.3) is 0 Å². The van der Waals surface area contributed by atoms with Crippen LogP contribution in [0.2, 0.25) is 10.0 Å². The Morgan fingerprint density at radius 3 is 2.33 bits per heavy atom. The van der Waals surface area contributed by atoms with E-state index in [1.165, 1.54) is 20.3 Å². The molecule has 30 heavy (non-hydrogen) atoms. The van der Waals surface area contributed by atoms with Crippen molar-refractivity contribution in [2.24, 2.45) is 0 Å². The van der Waals surface area contributed by atoms with Gasteiger partial charge < -0.3 is 19.3 Å². The topological polar surface area (TPSA) is 102 Å². The maximum absolute atomic E-state index is 13.2. The van der Waals surface area contributed by atoms with Gasteiger partial charge in [0.05, 0.1) is 26.4 Å². The Kier molecular flexibility index (Phi) is 8.19. The van der Waals surface area contributed by atoms with Crippen molar-refractivity contribution in [1.82, 2.24) is 4.31 Å². The lowest BCUT2D eigenvalue weighted by molar-refractivity contribution is -0.140. The molecule has 0 aromatic heterocycles. The van der Waals surface area contributed by atoms with Crippen LogP contribution in [0.1, 0.15) is 5.56 Å². The van der Waals surface area contributed by atoms with Crippen LogP contribution in [0.25, 0.3) is 0 Å². The minimum atomic E-state index is -4.32. The molecule has 0 bridgehead atoms. The number of halogens is 2. The molecule has 0 aliphatic heterocycles. The zero-order valence-electron chi connectivity index (χ0n) is 16.5. The van der Waals surface area contributed by atoms with E-state index in [0.717, 1.165) is 23.0 Å². The van der Waals surface area contributed by atoms with Gasteiger partial charge >= 0.3 is 5.97 Å². The maximum atomic E-state index is 13.2. The Balaban J connectivity index is 2.38. The quantitative estimate of drug-likeness (QED) is 0.553. The fourth-order valence-corrected chi connectivity index (χ4v) is 4.79. The second kappa shape index (κ2) is 10.2. The molecule has 164 valence electrons. The van der Waals surface area contributed by atoms with E-state index in [0.29, 0.717) is 11.5 Å². The summed E-state index contributed by atoms with van der Waals surface area (Å²) >= 11 is 11.8. The first-order valence-corrected chi connectivity index (χ1v) is 10.8. The van der Waals surface area contributed by atoms with Crippen molar-refractivity contribution >= 4 is 39.2 Å². The molecule has 11 heteroatoms. The summed E-state index contributed by atoms with van der Waals surface area (Å²) < 4.78 is 42.2. The van der Waals surface area contributed by atoms with Gasteiger partial charge in [-0.2, -0.15) is 4.31 Å². The zero-order chi connectivity index (χ0) is 22.5. The molecule has 0 amide bonds. The van der Waals surface area contributed by atoms with E-state index in [9.17, 15) is 18.3 Å². The van der Waals surface area contributed by atoms with Crippen LogP contribution < -0.4 is 9.47 Å². The monoisotopic (exact) mass is 477 g/mol. The van der Waals surface area contributed by atoms with Gasteiger partial charge in [-0.15, -0.1) is 0 Å². The van der Waals surface area contributed by atoms with Gasteiger partial charge in [-0.25, -0.2) is 8.42 Å². The summed E-state index contributed by atoms with van der Waals surface area (Å²) in [5, 5.41) is 9.97. The Morgan fingerprint density at radius 2 is 1.73 bits per heavy atom. The predicted octanol–water partition coefficient (Wildman–Crippen LogP) is 3.12. The predicted molar refractivity (Wildman–Crippen MR) is 112 cm³/mol. The highest BCUT2D eigenvalue weighted by atomic mass is 35.5. The normalized spacial score (nSPS) is 11.4. The minimum Gasteiger partial charge on any atom is -0.505 e. The SMILES string of the molecule is COC(=O)CN(CCc1ccc(OC)c(OC)c1)S(=O)(=O)c1cc(Cl)cc(Cl)c1O. The molecule has 0 spiro atoms. The molecule has 0 saturated carbocycles. The number of hydrogen-bond acceptors (Lipinski definition) is 7. The first kappa shape index (κ1) is 24.1. The number of aromatic hydroxyl groups is 1. The van der Waals surface area contributed by atoms with Gasteiger partial charge in [0.2, 0.25) is 10.0 Å². The molecule has 0 fully saturated rings. The number of esters is 1. The highest BCUT2D eigenvalue weighted by Gasteiger charge is 2.30. The number of ether oxygens (including phenoxy) is 3. The standard InChI is InChI=1S/C19H21Cl2NO7S/c1-27-15-5-4-12(8-16(15)28-2)6-7-22(11-18(23)29-3)30(25,26)17-10-13(20)9-14(21)19(17)24/h4-5,8-10,24H,6-7,11H2,1-3H3. The third-order valence-corrected chi connectivity index (χ3v) is 6.61. The van der Waals surface area contributed by atoms with Crippen LogP contribution in [-0.2, 0) is 26.0 Å². The van der Waals surface area contributed by atoms with E-state index in [2.05, 4.69) is 4.74 Å². The van der Waals surface area contributed by atoms with E-state index in [1.807, 2.05) is 0 Å². The first-order chi connectivity index (χ1) is 14.1. The van der Waals surface area contributed by atoms with Crippen LogP contribution >= 0.6 is 23.2 Å². The van der Waals surface area contributed by atoms with E-state index in [-0.39, 0.29) is 23.0 Å². The van der Waals surface area contributed by atoms with Gasteiger partial charge in [0.15, 0.2) is 17.2 Å². The summed E-state index contributed by atoms with van der Waals surface area (Å²) in [6.45, 7) is -0.647. The zero-order valence-corrected chi connectivity index (χ0v) is 18.8. The number of hydrogen-bond donors (Lipinski definition) is 1. The third-order valence-electron chi connectivity index (χ3n) is 4.24. The average Bonchev–Trinajstić information content (AvgIpc) is 2.72. The van der Waals surface area contributed by atoms with Crippen molar-refractivity contribution in [3.05, 3.63) is 45.9 Å². The molecule has 2 aromatic rings. The smallest absolute Gasteiger partial charge is 0.321 e. The molecule has 0 radical (unpaired) electrons. The fourth-order valence-electron chi connectivity index (χ4n) is 2.66. The van der Waals surface area contributed by atoms with Gasteiger partial charge in [0, 0.05) is 11.6 Å². The van der Waals surface area contributed by atoms with Crippen molar-refractivity contribution in [2.45, 2.75) is 11.3 Å². The number of phenolic OH excluding ortho intramolecular Hbond substituents is 1. The van der Waals surface area contributed by atoms with Crippen molar-refractivity contribution in [1.29, 1.82) is 0 Å². The van der Waals surface area contributed by atoms with E-state index in [1.54, 1.807) is 18.2 Å². The average molecular weight is 478 g/mol. The van der Waals surface area contributed by atoms with E-state index >= 15 is 0 Å². The summed E-state index contributed by atoms with van der Waals surface area (Å²) in [6, 6.07) is 7.42. The largest absolute Gasteiger partial charge is 0.505 e. The van der Waals surface area contributed by atoms with Gasteiger partial charge in [-0.3, -0.25) is 4.79 Å². The summed E-state index contributed by atoms with van der Waals surface area (Å²) in [5.41, 5.74) is 0.742. The molecular weight excluding hydrogens is 457 g/mol. The lowest BCUT2D eigenvalue weighted by Crippen LogP contribution is -2.37. The number of phenols is 1. The molecule has 0 aliphatic carbocycles. The number of sulfonamides is 1. The van der Waals surface area contributed by atoms with Crippen molar-refractivity contribution in [2.75, 3.05) is 34.4 Å². The third kappa shape index (κ3) is 5.48. The molecule has 0 heterocycles.